The van der Waals surface area contributed by atoms with E-state index in [1.54, 1.807) is 16.7 Å². The van der Waals surface area contributed by atoms with Gasteiger partial charge in [-0.05, 0) is 43.3 Å². The van der Waals surface area contributed by atoms with Gasteiger partial charge >= 0.3 is 0 Å². The Labute approximate surface area is 189 Å². The van der Waals surface area contributed by atoms with Crippen molar-refractivity contribution < 1.29 is 13.9 Å². The average molecular weight is 451 g/mol. The van der Waals surface area contributed by atoms with Crippen molar-refractivity contribution in [2.75, 3.05) is 11.9 Å². The van der Waals surface area contributed by atoms with Gasteiger partial charge in [0.15, 0.2) is 5.16 Å². The smallest absolute Gasteiger partial charge is 0.247 e. The standard InChI is InChI=1S/C22H22N6O3S/c1-3-30-17-11-9-16(10-12-17)23-19(29)13-18-24-27-22(28(18)2)32-14-20-25-26-21(31-20)15-7-5-4-6-8-15/h4-12H,3,13-14H2,1-2H3,(H,23,29). The summed E-state index contributed by atoms with van der Waals surface area (Å²) in [6, 6.07) is 16.8. The molecular formula is C22H22N6O3S. The van der Waals surface area contributed by atoms with Crippen molar-refractivity contribution in [1.82, 2.24) is 25.0 Å². The van der Waals surface area contributed by atoms with Crippen LogP contribution in [0.2, 0.25) is 0 Å². The SMILES string of the molecule is CCOc1ccc(NC(=O)Cc2nnc(SCc3nnc(-c4ccccc4)o3)n2C)cc1. The van der Waals surface area contributed by atoms with Gasteiger partial charge in [-0.25, -0.2) is 0 Å². The molecule has 164 valence electrons. The van der Waals surface area contributed by atoms with Crippen LogP contribution >= 0.6 is 11.8 Å². The lowest BCUT2D eigenvalue weighted by Gasteiger charge is -2.07. The topological polar surface area (TPSA) is 108 Å². The number of thioether (sulfide) groups is 1. The van der Waals surface area contributed by atoms with E-state index in [2.05, 4.69) is 25.7 Å². The molecule has 0 unspecified atom stereocenters. The van der Waals surface area contributed by atoms with Gasteiger partial charge in [0.25, 0.3) is 0 Å². The normalized spacial score (nSPS) is 10.8. The molecule has 2 aromatic heterocycles. The molecule has 0 spiro atoms. The summed E-state index contributed by atoms with van der Waals surface area (Å²) >= 11 is 1.41. The molecule has 2 heterocycles. The summed E-state index contributed by atoms with van der Waals surface area (Å²) in [5, 5.41) is 20.0. The maximum absolute atomic E-state index is 12.4. The van der Waals surface area contributed by atoms with Gasteiger partial charge in [-0.1, -0.05) is 30.0 Å². The number of rotatable bonds is 9. The molecule has 1 N–H and O–H groups in total. The summed E-state index contributed by atoms with van der Waals surface area (Å²) in [6.07, 6.45) is 0.107. The summed E-state index contributed by atoms with van der Waals surface area (Å²) in [5.74, 6) is 2.57. The molecule has 0 bridgehead atoms. The number of nitrogens with one attached hydrogen (secondary N) is 1. The first-order valence-corrected chi connectivity index (χ1v) is 11.0. The highest BCUT2D eigenvalue weighted by molar-refractivity contribution is 7.98. The molecule has 9 nitrogen and oxygen atoms in total. The van der Waals surface area contributed by atoms with E-state index in [-0.39, 0.29) is 12.3 Å². The number of carbonyl (C=O) groups is 1. The number of hydrogen-bond acceptors (Lipinski definition) is 8. The molecule has 4 rings (SSSR count). The maximum Gasteiger partial charge on any atom is 0.247 e. The number of ether oxygens (including phenoxy) is 1. The summed E-state index contributed by atoms with van der Waals surface area (Å²) in [4.78, 5) is 12.4. The highest BCUT2D eigenvalue weighted by Crippen LogP contribution is 2.23. The lowest BCUT2D eigenvalue weighted by Crippen LogP contribution is -2.17. The second-order valence-electron chi connectivity index (χ2n) is 6.80. The Morgan fingerprint density at radius 2 is 1.84 bits per heavy atom. The predicted molar refractivity (Wildman–Crippen MR) is 120 cm³/mol. The van der Waals surface area contributed by atoms with Crippen LogP contribution < -0.4 is 10.1 Å². The first-order valence-electron chi connectivity index (χ1n) is 10.0. The quantitative estimate of drug-likeness (QED) is 0.384. The molecule has 0 saturated heterocycles. The average Bonchev–Trinajstić information content (AvgIpc) is 3.42. The zero-order valence-electron chi connectivity index (χ0n) is 17.7. The Morgan fingerprint density at radius 1 is 1.06 bits per heavy atom. The number of benzene rings is 2. The fraction of sp³-hybridized carbons (Fsp3) is 0.227. The highest BCUT2D eigenvalue weighted by Gasteiger charge is 2.15. The van der Waals surface area contributed by atoms with Crippen LogP contribution in [0.25, 0.3) is 11.5 Å². The number of amides is 1. The van der Waals surface area contributed by atoms with E-state index in [0.29, 0.717) is 40.8 Å². The van der Waals surface area contributed by atoms with Gasteiger partial charge in [0.2, 0.25) is 17.7 Å². The second kappa shape index (κ2) is 10.1. The first-order chi connectivity index (χ1) is 15.6. The van der Waals surface area contributed by atoms with Crippen molar-refractivity contribution in [3.8, 4) is 17.2 Å². The molecule has 0 aliphatic carbocycles. The molecule has 4 aromatic rings. The maximum atomic E-state index is 12.4. The Bertz CT molecular complexity index is 1170. The van der Waals surface area contributed by atoms with E-state index in [1.807, 2.05) is 56.4 Å². The van der Waals surface area contributed by atoms with Crippen molar-refractivity contribution in [1.29, 1.82) is 0 Å². The molecule has 32 heavy (non-hydrogen) atoms. The molecule has 0 saturated carbocycles. The summed E-state index contributed by atoms with van der Waals surface area (Å²) in [6.45, 7) is 2.52. The van der Waals surface area contributed by atoms with Crippen LogP contribution in [-0.4, -0.2) is 37.5 Å². The van der Waals surface area contributed by atoms with Gasteiger partial charge in [0.1, 0.15) is 11.6 Å². The van der Waals surface area contributed by atoms with Gasteiger partial charge in [-0.3, -0.25) is 4.79 Å². The Hall–Kier alpha value is -3.66. The van der Waals surface area contributed by atoms with Crippen molar-refractivity contribution in [2.45, 2.75) is 24.3 Å². The summed E-state index contributed by atoms with van der Waals surface area (Å²) in [5.41, 5.74) is 1.57. The largest absolute Gasteiger partial charge is 0.494 e. The van der Waals surface area contributed by atoms with E-state index in [1.165, 1.54) is 11.8 Å². The monoisotopic (exact) mass is 450 g/mol. The Balaban J connectivity index is 1.32. The van der Waals surface area contributed by atoms with E-state index in [9.17, 15) is 4.79 Å². The first kappa shape index (κ1) is 21.6. The highest BCUT2D eigenvalue weighted by atomic mass is 32.2. The lowest BCUT2D eigenvalue weighted by atomic mass is 10.2. The third-order valence-corrected chi connectivity index (χ3v) is 5.51. The third kappa shape index (κ3) is 5.33. The molecule has 2 aromatic carbocycles. The van der Waals surface area contributed by atoms with Crippen molar-refractivity contribution in [2.24, 2.45) is 7.05 Å². The number of nitrogens with zero attached hydrogens (tertiary/aromatic N) is 5. The van der Waals surface area contributed by atoms with Crippen LogP contribution in [0.4, 0.5) is 5.69 Å². The molecule has 0 radical (unpaired) electrons. The number of carbonyl (C=O) groups excluding carboxylic acids is 1. The van der Waals surface area contributed by atoms with Crippen LogP contribution in [0, 0.1) is 0 Å². The van der Waals surface area contributed by atoms with E-state index < -0.39 is 0 Å². The molecule has 0 atom stereocenters. The van der Waals surface area contributed by atoms with Crippen molar-refractivity contribution in [3.63, 3.8) is 0 Å². The number of anilines is 1. The molecule has 1 amide bonds. The van der Waals surface area contributed by atoms with Crippen LogP contribution in [0.1, 0.15) is 18.6 Å². The summed E-state index contributed by atoms with van der Waals surface area (Å²) in [7, 11) is 1.82. The lowest BCUT2D eigenvalue weighted by molar-refractivity contribution is -0.115. The number of hydrogen-bond donors (Lipinski definition) is 1. The molecule has 0 fully saturated rings. The van der Waals surface area contributed by atoms with Crippen molar-refractivity contribution >= 4 is 23.4 Å². The molecule has 0 aliphatic heterocycles. The van der Waals surface area contributed by atoms with E-state index in [4.69, 9.17) is 9.15 Å². The van der Waals surface area contributed by atoms with E-state index in [0.717, 1.165) is 11.3 Å². The third-order valence-electron chi connectivity index (χ3n) is 4.51. The second-order valence-corrected chi connectivity index (χ2v) is 7.74. The molecule has 0 aliphatic rings. The summed E-state index contributed by atoms with van der Waals surface area (Å²) < 4.78 is 12.9. The van der Waals surface area contributed by atoms with Gasteiger partial charge in [-0.15, -0.1) is 20.4 Å². The van der Waals surface area contributed by atoms with Gasteiger partial charge in [-0.2, -0.15) is 0 Å². The van der Waals surface area contributed by atoms with Crippen molar-refractivity contribution in [3.05, 3.63) is 66.3 Å². The van der Waals surface area contributed by atoms with Crippen LogP contribution in [0.5, 0.6) is 5.75 Å². The van der Waals surface area contributed by atoms with Gasteiger partial charge in [0, 0.05) is 18.3 Å². The van der Waals surface area contributed by atoms with Crippen LogP contribution in [-0.2, 0) is 24.0 Å². The Kier molecular flexibility index (Phi) is 6.81. The van der Waals surface area contributed by atoms with Crippen LogP contribution in [0.15, 0.2) is 64.2 Å². The minimum absolute atomic E-state index is 0.107. The van der Waals surface area contributed by atoms with Gasteiger partial charge < -0.3 is 19.0 Å². The fourth-order valence-electron chi connectivity index (χ4n) is 2.91. The number of aromatic nitrogens is 5. The minimum Gasteiger partial charge on any atom is -0.494 e. The zero-order chi connectivity index (χ0) is 22.3. The molecule has 10 heteroatoms. The van der Waals surface area contributed by atoms with Crippen LogP contribution in [0.3, 0.4) is 0 Å². The molecular weight excluding hydrogens is 428 g/mol. The van der Waals surface area contributed by atoms with Gasteiger partial charge in [0.05, 0.1) is 18.8 Å². The minimum atomic E-state index is -0.175. The zero-order valence-corrected chi connectivity index (χ0v) is 18.5. The predicted octanol–water partition coefficient (Wildman–Crippen LogP) is 3.74. The Morgan fingerprint density at radius 3 is 2.59 bits per heavy atom. The fourth-order valence-corrected chi connectivity index (χ4v) is 3.68. The van der Waals surface area contributed by atoms with E-state index >= 15 is 0 Å².